The highest BCUT2D eigenvalue weighted by molar-refractivity contribution is 7.17. The van der Waals surface area contributed by atoms with Gasteiger partial charge in [0.25, 0.3) is 5.91 Å². The van der Waals surface area contributed by atoms with Gasteiger partial charge in [0.05, 0.1) is 29.2 Å². The van der Waals surface area contributed by atoms with Crippen LogP contribution in [0.4, 0.5) is 11.6 Å². The zero-order chi connectivity index (χ0) is 29.9. The highest BCUT2D eigenvalue weighted by Gasteiger charge is 2.18. The number of benzene rings is 2. The second-order valence-electron chi connectivity index (χ2n) is 10.6. The molecule has 10 heteroatoms. The first-order valence-electron chi connectivity index (χ1n) is 14.8. The van der Waals surface area contributed by atoms with Crippen molar-refractivity contribution >= 4 is 28.9 Å². The lowest BCUT2D eigenvalue weighted by Crippen LogP contribution is -2.35. The Labute approximate surface area is 256 Å². The maximum atomic E-state index is 12.7. The molecule has 2 aromatic heterocycles. The number of aliphatic hydroxyl groups is 1. The van der Waals surface area contributed by atoms with Gasteiger partial charge in [0.15, 0.2) is 0 Å². The van der Waals surface area contributed by atoms with Crippen molar-refractivity contribution in [3.8, 4) is 22.1 Å². The van der Waals surface area contributed by atoms with Crippen molar-refractivity contribution in [1.29, 1.82) is 0 Å². The Morgan fingerprint density at radius 2 is 1.91 bits per heavy atom. The summed E-state index contributed by atoms with van der Waals surface area (Å²) in [6.07, 6.45) is 5.57. The van der Waals surface area contributed by atoms with Gasteiger partial charge < -0.3 is 30.1 Å². The van der Waals surface area contributed by atoms with E-state index in [4.69, 9.17) is 9.47 Å². The van der Waals surface area contributed by atoms with Crippen LogP contribution in [-0.2, 0) is 6.42 Å². The van der Waals surface area contributed by atoms with E-state index in [1.807, 2.05) is 66.7 Å². The number of anilines is 2. The average molecular weight is 602 g/mol. The second-order valence-corrected chi connectivity index (χ2v) is 11.7. The maximum Gasteiger partial charge on any atom is 0.261 e. The van der Waals surface area contributed by atoms with Gasteiger partial charge >= 0.3 is 0 Å². The van der Waals surface area contributed by atoms with Gasteiger partial charge in [0, 0.05) is 31.6 Å². The molecular weight excluding hydrogens is 562 g/mol. The minimum Gasteiger partial charge on any atom is -0.497 e. The molecule has 1 saturated heterocycles. The number of likely N-dealkylation sites (tertiary alicyclic amines) is 1. The van der Waals surface area contributed by atoms with E-state index in [9.17, 15) is 9.90 Å². The van der Waals surface area contributed by atoms with E-state index in [1.54, 1.807) is 13.3 Å². The second kappa shape index (κ2) is 15.5. The van der Waals surface area contributed by atoms with E-state index >= 15 is 0 Å². The molecule has 4 aromatic rings. The van der Waals surface area contributed by atoms with Crippen molar-refractivity contribution in [1.82, 2.24) is 20.2 Å². The Morgan fingerprint density at radius 1 is 1.07 bits per heavy atom. The van der Waals surface area contributed by atoms with Gasteiger partial charge in [-0.25, -0.2) is 9.97 Å². The summed E-state index contributed by atoms with van der Waals surface area (Å²) in [5.41, 5.74) is 2.72. The molecule has 0 atom stereocenters. The number of carbonyl (C=O) groups excluding carboxylic acids is 1. The third kappa shape index (κ3) is 9.00. The number of aromatic nitrogens is 2. The summed E-state index contributed by atoms with van der Waals surface area (Å²) in [5, 5.41) is 15.5. The number of thiophene rings is 1. The number of nitrogens with zero attached hydrogens (tertiary/aromatic N) is 3. The van der Waals surface area contributed by atoms with Crippen LogP contribution in [0.15, 0.2) is 72.9 Å². The molecule has 0 bridgehead atoms. The quantitative estimate of drug-likeness (QED) is 0.165. The molecule has 3 N–H and O–H groups in total. The van der Waals surface area contributed by atoms with Crippen LogP contribution in [0.25, 0.3) is 10.6 Å². The van der Waals surface area contributed by atoms with Crippen LogP contribution in [0.3, 0.4) is 0 Å². The molecule has 1 fully saturated rings. The van der Waals surface area contributed by atoms with Crippen LogP contribution in [0.1, 0.15) is 34.5 Å². The molecule has 0 radical (unpaired) electrons. The van der Waals surface area contributed by atoms with E-state index in [2.05, 4.69) is 25.5 Å². The molecule has 226 valence electrons. The van der Waals surface area contributed by atoms with Crippen LogP contribution in [0.2, 0.25) is 0 Å². The third-order valence-electron chi connectivity index (χ3n) is 7.53. The fourth-order valence-corrected chi connectivity index (χ4v) is 5.92. The summed E-state index contributed by atoms with van der Waals surface area (Å²) < 4.78 is 11.2. The maximum absolute atomic E-state index is 12.7. The Morgan fingerprint density at radius 3 is 2.70 bits per heavy atom. The molecular formula is C33H39N5O4S. The fourth-order valence-electron chi connectivity index (χ4n) is 5.02. The number of hydrogen-bond donors (Lipinski definition) is 3. The zero-order valence-corrected chi connectivity index (χ0v) is 25.3. The predicted molar refractivity (Wildman–Crippen MR) is 170 cm³/mol. The largest absolute Gasteiger partial charge is 0.497 e. The van der Waals surface area contributed by atoms with E-state index in [-0.39, 0.29) is 5.91 Å². The first-order chi connectivity index (χ1) is 21.1. The number of carbonyl (C=O) groups is 1. The van der Waals surface area contributed by atoms with E-state index in [0.29, 0.717) is 36.5 Å². The molecule has 0 aliphatic carbocycles. The molecule has 2 aromatic carbocycles. The number of hydrogen-bond acceptors (Lipinski definition) is 9. The van der Waals surface area contributed by atoms with Gasteiger partial charge in [-0.3, -0.25) is 4.79 Å². The molecule has 9 nitrogen and oxygen atoms in total. The lowest BCUT2D eigenvalue weighted by Gasteiger charge is -2.30. The van der Waals surface area contributed by atoms with Crippen LogP contribution >= 0.6 is 11.3 Å². The minimum absolute atomic E-state index is 0.100. The van der Waals surface area contributed by atoms with Crippen molar-refractivity contribution < 1.29 is 19.4 Å². The molecule has 0 spiro atoms. The molecule has 0 unspecified atom stereocenters. The Balaban J connectivity index is 1.07. The van der Waals surface area contributed by atoms with Crippen molar-refractivity contribution in [2.75, 3.05) is 51.8 Å². The smallest absolute Gasteiger partial charge is 0.261 e. The van der Waals surface area contributed by atoms with Gasteiger partial charge in [-0.05, 0) is 105 Å². The number of aliphatic hydroxyl groups excluding tert-OH is 1. The molecule has 5 rings (SSSR count). The van der Waals surface area contributed by atoms with Gasteiger partial charge in [0.2, 0.25) is 5.95 Å². The SMILES string of the molecule is COc1cccc(CCNC(=O)c2ccc(-c3ccnc(Nc4ccc(OCCCN5CCC(CO)CC5)cc4)n3)s2)c1. The van der Waals surface area contributed by atoms with Crippen molar-refractivity contribution in [2.45, 2.75) is 25.7 Å². The summed E-state index contributed by atoms with van der Waals surface area (Å²) in [6, 6.07) is 21.2. The van der Waals surface area contributed by atoms with Gasteiger partial charge in [-0.15, -0.1) is 11.3 Å². The number of ether oxygens (including phenoxy) is 2. The summed E-state index contributed by atoms with van der Waals surface area (Å²) in [5.74, 6) is 2.48. The third-order valence-corrected chi connectivity index (χ3v) is 8.64. The highest BCUT2D eigenvalue weighted by Crippen LogP contribution is 2.28. The first-order valence-corrected chi connectivity index (χ1v) is 15.6. The van der Waals surface area contributed by atoms with Crippen molar-refractivity contribution in [3.63, 3.8) is 0 Å². The van der Waals surface area contributed by atoms with Gasteiger partial charge in [-0.1, -0.05) is 12.1 Å². The average Bonchev–Trinajstić information content (AvgIpc) is 3.55. The number of nitrogens with one attached hydrogen (secondary N) is 2. The molecule has 43 heavy (non-hydrogen) atoms. The lowest BCUT2D eigenvalue weighted by molar-refractivity contribution is 0.0958. The van der Waals surface area contributed by atoms with Crippen molar-refractivity contribution in [2.24, 2.45) is 5.92 Å². The summed E-state index contributed by atoms with van der Waals surface area (Å²) in [4.78, 5) is 25.7. The highest BCUT2D eigenvalue weighted by atomic mass is 32.1. The van der Waals surface area contributed by atoms with Crippen LogP contribution in [-0.4, -0.2) is 72.4 Å². The number of piperidine rings is 1. The van der Waals surface area contributed by atoms with Gasteiger partial charge in [-0.2, -0.15) is 0 Å². The molecule has 3 heterocycles. The van der Waals surface area contributed by atoms with E-state index < -0.39 is 0 Å². The molecule has 1 aliphatic rings. The number of methoxy groups -OCH3 is 1. The lowest BCUT2D eigenvalue weighted by atomic mass is 9.98. The van der Waals surface area contributed by atoms with Gasteiger partial charge in [0.1, 0.15) is 11.5 Å². The molecule has 1 amide bonds. The topological polar surface area (TPSA) is 109 Å². The minimum atomic E-state index is -0.100. The standard InChI is InChI=1S/C33H39N5O4S/c1-41-28-5-2-4-24(22-28)12-16-34-32(40)31-11-10-30(43-31)29-13-17-35-33(37-29)36-26-6-8-27(9-7-26)42-21-3-18-38-19-14-25(23-39)15-20-38/h2,4-11,13,17,22,25,39H,3,12,14-16,18-21,23H2,1H3,(H,34,40)(H,35,36,37). The predicted octanol–water partition coefficient (Wildman–Crippen LogP) is 5.40. The first kappa shape index (κ1) is 30.5. The summed E-state index contributed by atoms with van der Waals surface area (Å²) >= 11 is 1.40. The Hall–Kier alpha value is -3.99. The van der Waals surface area contributed by atoms with E-state index in [1.165, 1.54) is 11.3 Å². The molecule has 1 aliphatic heterocycles. The fraction of sp³-hybridized carbons (Fsp3) is 0.364. The van der Waals surface area contributed by atoms with Crippen LogP contribution < -0.4 is 20.1 Å². The van der Waals surface area contributed by atoms with Crippen LogP contribution in [0.5, 0.6) is 11.5 Å². The zero-order valence-electron chi connectivity index (χ0n) is 24.5. The Bertz CT molecular complexity index is 1450. The normalized spacial score (nSPS) is 13.9. The van der Waals surface area contributed by atoms with Crippen LogP contribution in [0, 0.1) is 5.92 Å². The van der Waals surface area contributed by atoms with E-state index in [0.717, 1.165) is 78.6 Å². The van der Waals surface area contributed by atoms with Crippen molar-refractivity contribution in [3.05, 3.63) is 83.4 Å². The number of rotatable bonds is 14. The number of amides is 1. The monoisotopic (exact) mass is 601 g/mol. The summed E-state index contributed by atoms with van der Waals surface area (Å²) in [6.45, 7) is 4.65. The molecule has 0 saturated carbocycles. The Kier molecular flexibility index (Phi) is 11.0. The summed E-state index contributed by atoms with van der Waals surface area (Å²) in [7, 11) is 1.65.